The van der Waals surface area contributed by atoms with Crippen molar-refractivity contribution in [2.24, 2.45) is 5.73 Å². The van der Waals surface area contributed by atoms with Crippen molar-refractivity contribution in [2.75, 3.05) is 11.5 Å². The first-order chi connectivity index (χ1) is 9.33. The van der Waals surface area contributed by atoms with E-state index in [0.717, 1.165) is 17.9 Å². The monoisotopic (exact) mass is 320 g/mol. The van der Waals surface area contributed by atoms with Gasteiger partial charge in [-0.25, -0.2) is 13.1 Å². The van der Waals surface area contributed by atoms with E-state index in [0.29, 0.717) is 17.1 Å². The van der Waals surface area contributed by atoms with Gasteiger partial charge in [0.25, 0.3) is 0 Å². The van der Waals surface area contributed by atoms with Crippen LogP contribution in [0.4, 0.5) is 0 Å². The predicted molar refractivity (Wildman–Crippen MR) is 83.5 cm³/mol. The third-order valence-corrected chi connectivity index (χ3v) is 5.77. The molecule has 1 rings (SSSR count). The molecular weight excluding hydrogens is 296 g/mol. The summed E-state index contributed by atoms with van der Waals surface area (Å²) >= 11 is 1.80. The van der Waals surface area contributed by atoms with Gasteiger partial charge in [0.15, 0.2) is 0 Å². The van der Waals surface area contributed by atoms with Crippen LogP contribution in [0, 0.1) is 13.8 Å². The zero-order valence-corrected chi connectivity index (χ0v) is 14.2. The molecule has 0 fully saturated rings. The number of furan rings is 1. The maximum atomic E-state index is 12.5. The van der Waals surface area contributed by atoms with E-state index in [2.05, 4.69) is 11.6 Å². The van der Waals surface area contributed by atoms with E-state index in [1.165, 1.54) is 0 Å². The van der Waals surface area contributed by atoms with Crippen molar-refractivity contribution in [3.05, 3.63) is 17.1 Å². The van der Waals surface area contributed by atoms with Gasteiger partial charge in [-0.05, 0) is 38.7 Å². The molecule has 3 N–H and O–H groups in total. The van der Waals surface area contributed by atoms with Gasteiger partial charge in [0.1, 0.15) is 16.4 Å². The second-order valence-electron chi connectivity index (χ2n) is 4.73. The van der Waals surface area contributed by atoms with Crippen molar-refractivity contribution in [1.29, 1.82) is 0 Å². The summed E-state index contributed by atoms with van der Waals surface area (Å²) in [6, 6.07) is -0.112. The number of rotatable bonds is 8. The molecule has 1 aromatic heterocycles. The van der Waals surface area contributed by atoms with E-state index in [1.54, 1.807) is 25.6 Å². The van der Waals surface area contributed by atoms with Gasteiger partial charge in [-0.1, -0.05) is 6.92 Å². The lowest BCUT2D eigenvalue weighted by atomic mass is 10.2. The Kier molecular flexibility index (Phi) is 6.57. The second-order valence-corrected chi connectivity index (χ2v) is 7.78. The average molecular weight is 320 g/mol. The highest BCUT2D eigenvalue weighted by molar-refractivity contribution is 7.99. The Balaban J connectivity index is 2.89. The maximum absolute atomic E-state index is 12.5. The first-order valence-corrected chi connectivity index (χ1v) is 9.36. The van der Waals surface area contributed by atoms with Crippen LogP contribution in [0.2, 0.25) is 0 Å². The number of sulfonamides is 1. The van der Waals surface area contributed by atoms with Gasteiger partial charge in [0.2, 0.25) is 10.0 Å². The molecule has 0 spiro atoms. The van der Waals surface area contributed by atoms with E-state index >= 15 is 0 Å². The fraction of sp³-hybridized carbons (Fsp3) is 0.692. The Bertz CT molecular complexity index is 538. The SMILES string of the molecule is CCSCCC(C)NS(=O)(=O)c1c(C)oc(C)c1CN. The van der Waals surface area contributed by atoms with E-state index in [1.807, 2.05) is 6.92 Å². The van der Waals surface area contributed by atoms with Crippen LogP contribution in [0.5, 0.6) is 0 Å². The molecule has 0 saturated heterocycles. The lowest BCUT2D eigenvalue weighted by Gasteiger charge is -2.14. The zero-order chi connectivity index (χ0) is 15.3. The Hall–Kier alpha value is -0.500. The van der Waals surface area contributed by atoms with Crippen molar-refractivity contribution in [2.45, 2.75) is 51.6 Å². The molecule has 7 heteroatoms. The highest BCUT2D eigenvalue weighted by atomic mass is 32.2. The third-order valence-electron chi connectivity index (χ3n) is 3.05. The average Bonchev–Trinajstić information content (AvgIpc) is 2.63. The zero-order valence-electron chi connectivity index (χ0n) is 12.5. The Morgan fingerprint density at radius 2 is 2.00 bits per heavy atom. The fourth-order valence-electron chi connectivity index (χ4n) is 2.08. The predicted octanol–water partition coefficient (Wildman–Crippen LogP) is 2.17. The number of aryl methyl sites for hydroxylation is 2. The molecule has 1 aromatic rings. The molecule has 0 radical (unpaired) electrons. The van der Waals surface area contributed by atoms with E-state index in [-0.39, 0.29) is 17.5 Å². The van der Waals surface area contributed by atoms with Gasteiger partial charge in [-0.2, -0.15) is 11.8 Å². The normalized spacial score (nSPS) is 13.7. The van der Waals surface area contributed by atoms with Crippen LogP contribution in [0.3, 0.4) is 0 Å². The number of hydrogen-bond acceptors (Lipinski definition) is 5. The molecule has 1 atom stereocenters. The lowest BCUT2D eigenvalue weighted by Crippen LogP contribution is -2.33. The molecule has 0 saturated carbocycles. The van der Waals surface area contributed by atoms with Gasteiger partial charge in [0, 0.05) is 18.2 Å². The van der Waals surface area contributed by atoms with Crippen LogP contribution in [-0.2, 0) is 16.6 Å². The number of thioether (sulfide) groups is 1. The first-order valence-electron chi connectivity index (χ1n) is 6.72. The highest BCUT2D eigenvalue weighted by Crippen LogP contribution is 2.26. The Morgan fingerprint density at radius 1 is 1.35 bits per heavy atom. The van der Waals surface area contributed by atoms with E-state index < -0.39 is 10.0 Å². The van der Waals surface area contributed by atoms with Crippen LogP contribution in [-0.4, -0.2) is 26.0 Å². The summed E-state index contributed by atoms with van der Waals surface area (Å²) in [6.07, 6.45) is 0.797. The molecule has 20 heavy (non-hydrogen) atoms. The number of hydrogen-bond donors (Lipinski definition) is 2. The smallest absolute Gasteiger partial charge is 0.244 e. The first kappa shape index (κ1) is 17.6. The molecule has 1 unspecified atom stereocenters. The largest absolute Gasteiger partial charge is 0.465 e. The Labute approximate surface area is 125 Å². The lowest BCUT2D eigenvalue weighted by molar-refractivity contribution is 0.493. The van der Waals surface area contributed by atoms with Crippen LogP contribution in [0.1, 0.15) is 37.4 Å². The van der Waals surface area contributed by atoms with Crippen LogP contribution >= 0.6 is 11.8 Å². The minimum atomic E-state index is -3.58. The molecule has 0 amide bonds. The van der Waals surface area contributed by atoms with Gasteiger partial charge < -0.3 is 10.2 Å². The second kappa shape index (κ2) is 7.49. The van der Waals surface area contributed by atoms with Crippen LogP contribution in [0.25, 0.3) is 0 Å². The molecule has 5 nitrogen and oxygen atoms in total. The summed E-state index contributed by atoms with van der Waals surface area (Å²) in [5, 5.41) is 0. The van der Waals surface area contributed by atoms with Crippen molar-refractivity contribution >= 4 is 21.8 Å². The standard InChI is InChI=1S/C13H24N2O3S2/c1-5-19-7-6-9(2)15-20(16,17)13-11(4)18-10(3)12(13)8-14/h9,15H,5-8,14H2,1-4H3. The van der Waals surface area contributed by atoms with Crippen molar-refractivity contribution in [1.82, 2.24) is 4.72 Å². The topological polar surface area (TPSA) is 85.3 Å². The van der Waals surface area contributed by atoms with Crippen LogP contribution < -0.4 is 10.5 Å². The molecule has 0 aliphatic heterocycles. The minimum absolute atomic E-state index is 0.112. The summed E-state index contributed by atoms with van der Waals surface area (Å²) in [4.78, 5) is 0.201. The Morgan fingerprint density at radius 3 is 2.55 bits per heavy atom. The van der Waals surface area contributed by atoms with Gasteiger partial charge in [0.05, 0.1) is 0 Å². The van der Waals surface area contributed by atoms with Gasteiger partial charge in [-0.15, -0.1) is 0 Å². The summed E-state index contributed by atoms with van der Waals surface area (Å²) < 4.78 is 33.0. The summed E-state index contributed by atoms with van der Waals surface area (Å²) in [7, 11) is -3.58. The van der Waals surface area contributed by atoms with Crippen molar-refractivity contribution in [3.8, 4) is 0 Å². The molecule has 116 valence electrons. The van der Waals surface area contributed by atoms with Gasteiger partial charge in [-0.3, -0.25) is 0 Å². The summed E-state index contributed by atoms with van der Waals surface area (Å²) in [5.41, 5.74) is 6.20. The number of nitrogens with two attached hydrogens (primary N) is 1. The van der Waals surface area contributed by atoms with E-state index in [9.17, 15) is 8.42 Å². The fourth-order valence-corrected chi connectivity index (χ4v) is 4.63. The number of nitrogens with one attached hydrogen (secondary N) is 1. The molecule has 0 aromatic carbocycles. The molecule has 0 aliphatic carbocycles. The maximum Gasteiger partial charge on any atom is 0.244 e. The third kappa shape index (κ3) is 4.25. The molecule has 0 aliphatic rings. The minimum Gasteiger partial charge on any atom is -0.465 e. The summed E-state index contributed by atoms with van der Waals surface area (Å²) in [5.74, 6) is 2.94. The quantitative estimate of drug-likeness (QED) is 0.717. The summed E-state index contributed by atoms with van der Waals surface area (Å²) in [6.45, 7) is 7.50. The van der Waals surface area contributed by atoms with E-state index in [4.69, 9.17) is 10.2 Å². The van der Waals surface area contributed by atoms with Crippen LogP contribution in [0.15, 0.2) is 9.31 Å². The molecule has 1 heterocycles. The molecular formula is C13H24N2O3S2. The highest BCUT2D eigenvalue weighted by Gasteiger charge is 2.27. The van der Waals surface area contributed by atoms with Crippen molar-refractivity contribution in [3.63, 3.8) is 0 Å². The van der Waals surface area contributed by atoms with Gasteiger partial charge >= 0.3 is 0 Å². The molecule has 0 bridgehead atoms. The van der Waals surface area contributed by atoms with Crippen molar-refractivity contribution < 1.29 is 12.8 Å².